The minimum absolute atomic E-state index is 0.0836. The number of amides is 2. The molecule has 14 heavy (non-hydrogen) atoms. The van der Waals surface area contributed by atoms with E-state index in [9.17, 15) is 9.59 Å². The van der Waals surface area contributed by atoms with E-state index in [0.717, 1.165) is 0 Å². The number of hydrogen-bond acceptors (Lipinski definition) is 4. The van der Waals surface area contributed by atoms with Crippen LogP contribution in [0.1, 0.15) is 25.7 Å². The molecule has 6 heteroatoms. The van der Waals surface area contributed by atoms with E-state index in [1.807, 2.05) is 0 Å². The van der Waals surface area contributed by atoms with Gasteiger partial charge in [0.05, 0.1) is 0 Å². The largest absolute Gasteiger partial charge is 0.396 e. The Balaban J connectivity index is 3.68. The highest BCUT2D eigenvalue weighted by atomic mass is 16.3. The summed E-state index contributed by atoms with van der Waals surface area (Å²) in [5.41, 5.74) is 0. The van der Waals surface area contributed by atoms with Crippen molar-refractivity contribution in [1.82, 2.24) is 0 Å². The maximum Gasteiger partial charge on any atom is 0.264 e. The maximum atomic E-state index is 10.8. The highest BCUT2D eigenvalue weighted by Crippen LogP contribution is 1.95. The summed E-state index contributed by atoms with van der Waals surface area (Å²) in [6.45, 7) is -0.167. The summed E-state index contributed by atoms with van der Waals surface area (Å²) in [6.07, 6.45) is 0.825. The van der Waals surface area contributed by atoms with Crippen molar-refractivity contribution in [3.8, 4) is 0 Å². The van der Waals surface area contributed by atoms with Crippen LogP contribution < -0.4 is 0 Å². The zero-order chi connectivity index (χ0) is 10.8. The smallest absolute Gasteiger partial charge is 0.264 e. The summed E-state index contributed by atoms with van der Waals surface area (Å²) in [5, 5.41) is 23.1. The van der Waals surface area contributed by atoms with Gasteiger partial charge in [-0.2, -0.15) is 0 Å². The van der Waals surface area contributed by atoms with Gasteiger partial charge in [0, 0.05) is 26.1 Å². The van der Waals surface area contributed by atoms with Gasteiger partial charge in [-0.15, -0.1) is 10.2 Å². The highest BCUT2D eigenvalue weighted by molar-refractivity contribution is 5.81. The SMILES string of the molecule is O=C(CCCO)N=NC(=O)CCCO. The van der Waals surface area contributed by atoms with Crippen molar-refractivity contribution < 1.29 is 19.8 Å². The third-order valence-electron chi connectivity index (χ3n) is 1.37. The van der Waals surface area contributed by atoms with Gasteiger partial charge in [0.15, 0.2) is 0 Å². The van der Waals surface area contributed by atoms with Crippen LogP contribution in [-0.4, -0.2) is 35.2 Å². The Hall–Kier alpha value is -1.14. The van der Waals surface area contributed by atoms with Crippen molar-refractivity contribution in [2.45, 2.75) is 25.7 Å². The van der Waals surface area contributed by atoms with Gasteiger partial charge in [0.2, 0.25) is 0 Å². The van der Waals surface area contributed by atoms with Crippen LogP contribution >= 0.6 is 0 Å². The predicted molar refractivity (Wildman–Crippen MR) is 47.5 cm³/mol. The molecule has 0 atom stereocenters. The zero-order valence-electron chi connectivity index (χ0n) is 7.85. The second-order valence-corrected chi connectivity index (χ2v) is 2.64. The Morgan fingerprint density at radius 1 is 0.857 bits per heavy atom. The van der Waals surface area contributed by atoms with Crippen LogP contribution in [0.3, 0.4) is 0 Å². The molecule has 0 radical (unpaired) electrons. The van der Waals surface area contributed by atoms with Crippen molar-refractivity contribution in [3.05, 3.63) is 0 Å². The van der Waals surface area contributed by atoms with Crippen molar-refractivity contribution in [2.24, 2.45) is 10.2 Å². The second kappa shape index (κ2) is 8.46. The molecule has 2 N–H and O–H groups in total. The minimum Gasteiger partial charge on any atom is -0.396 e. The molecule has 0 unspecified atom stereocenters. The van der Waals surface area contributed by atoms with Gasteiger partial charge < -0.3 is 10.2 Å². The maximum absolute atomic E-state index is 10.8. The number of rotatable bonds is 6. The van der Waals surface area contributed by atoms with Crippen LogP contribution in [0, 0.1) is 0 Å². The molecule has 6 nitrogen and oxygen atoms in total. The quantitative estimate of drug-likeness (QED) is 0.594. The number of carbonyl (C=O) groups is 2. The molecular formula is C8H14N2O4. The lowest BCUT2D eigenvalue weighted by Crippen LogP contribution is -1.98. The standard InChI is InChI=1S/C8H14N2O4/c11-5-1-3-7(13)9-10-8(14)4-2-6-12/h11-12H,1-6H2. The number of nitrogens with zero attached hydrogens (tertiary/aromatic N) is 2. The fraction of sp³-hybridized carbons (Fsp3) is 0.750. The lowest BCUT2D eigenvalue weighted by Gasteiger charge is -1.91. The van der Waals surface area contributed by atoms with E-state index < -0.39 is 11.8 Å². The van der Waals surface area contributed by atoms with Crippen molar-refractivity contribution in [1.29, 1.82) is 0 Å². The van der Waals surface area contributed by atoms with Crippen molar-refractivity contribution in [3.63, 3.8) is 0 Å². The first-order valence-electron chi connectivity index (χ1n) is 4.40. The van der Waals surface area contributed by atoms with Gasteiger partial charge in [0.1, 0.15) is 0 Å². The molecule has 0 aromatic carbocycles. The molecule has 80 valence electrons. The summed E-state index contributed by atoms with van der Waals surface area (Å²) < 4.78 is 0. The van der Waals surface area contributed by atoms with E-state index >= 15 is 0 Å². The molecule has 0 heterocycles. The van der Waals surface area contributed by atoms with Gasteiger partial charge in [-0.1, -0.05) is 0 Å². The molecule has 0 rings (SSSR count). The van der Waals surface area contributed by atoms with Crippen LogP contribution in [0.2, 0.25) is 0 Å². The summed E-state index contributed by atoms with van der Waals surface area (Å²) in [6, 6.07) is 0. The molecule has 0 bridgehead atoms. The molecule has 0 aromatic heterocycles. The van der Waals surface area contributed by atoms with E-state index in [1.54, 1.807) is 0 Å². The Bertz CT molecular complexity index is 193. The molecule has 2 amide bonds. The van der Waals surface area contributed by atoms with Crippen LogP contribution in [0.25, 0.3) is 0 Å². The lowest BCUT2D eigenvalue weighted by atomic mass is 10.3. The Labute approximate surface area is 81.7 Å². The Kier molecular flexibility index (Phi) is 7.77. The fourth-order valence-electron chi connectivity index (χ4n) is 0.672. The second-order valence-electron chi connectivity index (χ2n) is 2.64. The van der Waals surface area contributed by atoms with E-state index in [0.29, 0.717) is 12.8 Å². The first-order chi connectivity index (χ1) is 6.70. The monoisotopic (exact) mass is 202 g/mol. The predicted octanol–water partition coefficient (Wildman–Crippen LogP) is 0.0368. The summed E-state index contributed by atoms with van der Waals surface area (Å²) >= 11 is 0. The van der Waals surface area contributed by atoms with E-state index in [2.05, 4.69) is 10.2 Å². The third-order valence-corrected chi connectivity index (χ3v) is 1.37. The average molecular weight is 202 g/mol. The van der Waals surface area contributed by atoms with E-state index in [4.69, 9.17) is 10.2 Å². The average Bonchev–Trinajstić information content (AvgIpc) is 2.20. The van der Waals surface area contributed by atoms with Gasteiger partial charge in [-0.05, 0) is 12.8 Å². The minimum atomic E-state index is -0.517. The van der Waals surface area contributed by atoms with Crippen LogP contribution in [-0.2, 0) is 9.59 Å². The van der Waals surface area contributed by atoms with Gasteiger partial charge in [-0.25, -0.2) is 0 Å². The number of azo groups is 1. The molecule has 0 aliphatic rings. The number of hydrogen-bond donors (Lipinski definition) is 2. The first kappa shape index (κ1) is 12.9. The van der Waals surface area contributed by atoms with Crippen molar-refractivity contribution >= 4 is 11.8 Å². The van der Waals surface area contributed by atoms with Crippen LogP contribution in [0.5, 0.6) is 0 Å². The van der Waals surface area contributed by atoms with Crippen molar-refractivity contribution in [2.75, 3.05) is 13.2 Å². The van der Waals surface area contributed by atoms with Gasteiger partial charge in [0.25, 0.3) is 11.8 Å². The molecule has 0 fully saturated rings. The van der Waals surface area contributed by atoms with Gasteiger partial charge >= 0.3 is 0 Å². The molecule has 0 spiro atoms. The van der Waals surface area contributed by atoms with E-state index in [1.165, 1.54) is 0 Å². The summed E-state index contributed by atoms with van der Waals surface area (Å²) in [7, 11) is 0. The summed E-state index contributed by atoms with van der Waals surface area (Å²) in [5.74, 6) is -1.03. The number of aliphatic hydroxyl groups is 2. The highest BCUT2D eigenvalue weighted by Gasteiger charge is 2.01. The van der Waals surface area contributed by atoms with Gasteiger partial charge in [-0.3, -0.25) is 9.59 Å². The molecule has 0 aliphatic heterocycles. The molecule has 0 aliphatic carbocycles. The van der Waals surface area contributed by atoms with E-state index in [-0.39, 0.29) is 26.1 Å². The fourth-order valence-corrected chi connectivity index (χ4v) is 0.672. The molecule has 0 saturated heterocycles. The lowest BCUT2D eigenvalue weighted by molar-refractivity contribution is -0.122. The Morgan fingerprint density at radius 2 is 1.21 bits per heavy atom. The molecular weight excluding hydrogens is 188 g/mol. The molecule has 0 aromatic rings. The zero-order valence-corrected chi connectivity index (χ0v) is 7.85. The topological polar surface area (TPSA) is 99.3 Å². The van der Waals surface area contributed by atoms with Crippen LogP contribution in [0.4, 0.5) is 0 Å². The third kappa shape index (κ3) is 7.51. The summed E-state index contributed by atoms with van der Waals surface area (Å²) in [4.78, 5) is 21.6. The first-order valence-corrected chi connectivity index (χ1v) is 4.40. The number of carbonyl (C=O) groups excluding carboxylic acids is 2. The number of aliphatic hydroxyl groups excluding tert-OH is 2. The Morgan fingerprint density at radius 3 is 1.50 bits per heavy atom. The molecule has 0 saturated carbocycles. The van der Waals surface area contributed by atoms with Crippen LogP contribution in [0.15, 0.2) is 10.2 Å². The normalized spacial score (nSPS) is 10.7.